The van der Waals surface area contributed by atoms with Crippen LogP contribution in [0, 0.1) is 0 Å². The zero-order valence-electron chi connectivity index (χ0n) is 8.99. The molecular weight excluding hydrogens is 277 g/mol. The molecule has 0 heterocycles. The molecule has 0 aliphatic rings. The molecule has 0 rings (SSSR count). The average Bonchev–Trinajstić information content (AvgIpc) is 2.24. The second-order valence-corrected chi connectivity index (χ2v) is 4.11. The topological polar surface area (TPSA) is 95.5 Å². The van der Waals surface area contributed by atoms with Gasteiger partial charge in [-0.1, -0.05) is 0 Å². The van der Waals surface area contributed by atoms with Crippen LogP contribution in [0.1, 0.15) is 0 Å². The summed E-state index contributed by atoms with van der Waals surface area (Å²) in [6.45, 7) is -1.43. The van der Waals surface area contributed by atoms with Crippen LogP contribution in [0.25, 0.3) is 0 Å². The number of hydrogen-bond donors (Lipinski definition) is 3. The third-order valence-electron chi connectivity index (χ3n) is 1.57. The monoisotopic (exact) mass is 288 g/mol. The van der Waals surface area contributed by atoms with Gasteiger partial charge in [-0.25, -0.2) is 4.79 Å². The number of carboxylic acid groups (broad SMARTS) is 1. The van der Waals surface area contributed by atoms with Gasteiger partial charge in [-0.2, -0.15) is 13.2 Å². The molecule has 1 atom stereocenters. The molecule has 0 bridgehead atoms. The summed E-state index contributed by atoms with van der Waals surface area (Å²) >= 11 is 0.807. The largest absolute Gasteiger partial charge is 0.480 e. The Morgan fingerprint density at radius 1 is 1.39 bits per heavy atom. The third-order valence-corrected chi connectivity index (χ3v) is 2.61. The van der Waals surface area contributed by atoms with Crippen molar-refractivity contribution in [3.63, 3.8) is 0 Å². The standard InChI is InChI=1S/C8H11F3N2O4S/c9-8(10,11)3-12-6(15)2-18-1-5(7(16)17)13-4-14/h4-5H,1-3H2,(H,12,15)(H,13,14)(H,16,17). The van der Waals surface area contributed by atoms with Crippen molar-refractivity contribution in [1.82, 2.24) is 10.6 Å². The zero-order valence-corrected chi connectivity index (χ0v) is 9.81. The first-order valence-electron chi connectivity index (χ1n) is 4.60. The number of thioether (sulfide) groups is 1. The highest BCUT2D eigenvalue weighted by Crippen LogP contribution is 2.12. The number of nitrogens with one attached hydrogen (secondary N) is 2. The lowest BCUT2D eigenvalue weighted by molar-refractivity contribution is -0.139. The molecule has 1 unspecified atom stereocenters. The summed E-state index contributed by atoms with van der Waals surface area (Å²) in [7, 11) is 0. The Morgan fingerprint density at radius 3 is 2.44 bits per heavy atom. The number of halogens is 3. The maximum absolute atomic E-state index is 11.7. The number of carboxylic acids is 1. The van der Waals surface area contributed by atoms with Crippen molar-refractivity contribution in [3.05, 3.63) is 0 Å². The van der Waals surface area contributed by atoms with Gasteiger partial charge in [0, 0.05) is 5.75 Å². The van der Waals surface area contributed by atoms with E-state index in [4.69, 9.17) is 5.11 Å². The summed E-state index contributed by atoms with van der Waals surface area (Å²) in [6.07, 6.45) is -4.29. The van der Waals surface area contributed by atoms with Gasteiger partial charge in [-0.3, -0.25) is 9.59 Å². The van der Waals surface area contributed by atoms with Crippen molar-refractivity contribution in [1.29, 1.82) is 0 Å². The fraction of sp³-hybridized carbons (Fsp3) is 0.625. The predicted molar refractivity (Wildman–Crippen MR) is 57.0 cm³/mol. The molecule has 10 heteroatoms. The Labute approximate surface area is 104 Å². The fourth-order valence-electron chi connectivity index (χ4n) is 0.792. The van der Waals surface area contributed by atoms with Gasteiger partial charge in [-0.15, -0.1) is 11.8 Å². The second kappa shape index (κ2) is 7.80. The first-order chi connectivity index (χ1) is 8.26. The van der Waals surface area contributed by atoms with Gasteiger partial charge in [0.25, 0.3) is 0 Å². The van der Waals surface area contributed by atoms with Gasteiger partial charge in [-0.05, 0) is 0 Å². The van der Waals surface area contributed by atoms with Crippen LogP contribution >= 0.6 is 11.8 Å². The molecule has 104 valence electrons. The average molecular weight is 288 g/mol. The van der Waals surface area contributed by atoms with Crippen molar-refractivity contribution in [2.75, 3.05) is 18.1 Å². The number of carbonyl (C=O) groups is 3. The Bertz CT molecular complexity index is 311. The predicted octanol–water partition coefficient (Wildman–Crippen LogP) is -0.403. The van der Waals surface area contributed by atoms with Crippen molar-refractivity contribution in [2.45, 2.75) is 12.2 Å². The molecule has 0 aromatic rings. The Hall–Kier alpha value is -1.45. The van der Waals surface area contributed by atoms with E-state index >= 15 is 0 Å². The van der Waals surface area contributed by atoms with E-state index in [1.807, 2.05) is 5.32 Å². The number of rotatable bonds is 8. The minimum absolute atomic E-state index is 0.118. The van der Waals surface area contributed by atoms with Crippen LogP contribution in [0.4, 0.5) is 13.2 Å². The van der Waals surface area contributed by atoms with Gasteiger partial charge in [0.05, 0.1) is 5.75 Å². The van der Waals surface area contributed by atoms with Gasteiger partial charge in [0.15, 0.2) is 0 Å². The molecule has 0 aliphatic carbocycles. The first-order valence-corrected chi connectivity index (χ1v) is 5.75. The molecule has 0 spiro atoms. The normalized spacial score (nSPS) is 12.6. The molecule has 6 nitrogen and oxygen atoms in total. The number of carbonyl (C=O) groups excluding carboxylic acids is 2. The maximum Gasteiger partial charge on any atom is 0.405 e. The second-order valence-electron chi connectivity index (χ2n) is 3.08. The highest BCUT2D eigenvalue weighted by atomic mass is 32.2. The number of amides is 2. The van der Waals surface area contributed by atoms with Crippen LogP contribution in [0.2, 0.25) is 0 Å². The molecule has 0 fully saturated rings. The van der Waals surface area contributed by atoms with Crippen molar-refractivity contribution in [3.8, 4) is 0 Å². The molecule has 2 amide bonds. The Kier molecular flexibility index (Phi) is 7.17. The Morgan fingerprint density at radius 2 is 2.00 bits per heavy atom. The van der Waals surface area contributed by atoms with Crippen molar-refractivity contribution in [2.24, 2.45) is 0 Å². The van der Waals surface area contributed by atoms with E-state index in [2.05, 4.69) is 0 Å². The minimum Gasteiger partial charge on any atom is -0.480 e. The summed E-state index contributed by atoms with van der Waals surface area (Å²) < 4.78 is 35.2. The van der Waals surface area contributed by atoms with Crippen LogP contribution < -0.4 is 10.6 Å². The third kappa shape index (κ3) is 8.67. The number of alkyl halides is 3. The van der Waals surface area contributed by atoms with Gasteiger partial charge in [0.2, 0.25) is 12.3 Å². The van der Waals surface area contributed by atoms with E-state index in [1.54, 1.807) is 5.32 Å². The van der Waals surface area contributed by atoms with E-state index in [1.165, 1.54) is 0 Å². The Balaban J connectivity index is 3.85. The zero-order chi connectivity index (χ0) is 14.2. The van der Waals surface area contributed by atoms with Gasteiger partial charge < -0.3 is 15.7 Å². The summed E-state index contributed by atoms with van der Waals surface area (Å²) in [6, 6.07) is -1.18. The molecule has 0 saturated carbocycles. The van der Waals surface area contributed by atoms with E-state index in [9.17, 15) is 27.6 Å². The minimum atomic E-state index is -4.48. The van der Waals surface area contributed by atoms with Crippen LogP contribution in [0.15, 0.2) is 0 Å². The lowest BCUT2D eigenvalue weighted by Gasteiger charge is -2.11. The van der Waals surface area contributed by atoms with Crippen LogP contribution in [-0.2, 0) is 14.4 Å². The number of hydrogen-bond acceptors (Lipinski definition) is 4. The summed E-state index contributed by atoms with van der Waals surface area (Å²) in [5.41, 5.74) is 0. The fourth-order valence-corrected chi connectivity index (χ4v) is 1.67. The molecule has 0 saturated heterocycles. The molecule has 0 radical (unpaired) electrons. The van der Waals surface area contributed by atoms with E-state index < -0.39 is 30.6 Å². The highest BCUT2D eigenvalue weighted by molar-refractivity contribution is 8.00. The van der Waals surface area contributed by atoms with Crippen molar-refractivity contribution < 1.29 is 32.7 Å². The molecule has 0 aromatic heterocycles. The van der Waals surface area contributed by atoms with E-state index in [-0.39, 0.29) is 17.9 Å². The number of aliphatic carboxylic acids is 1. The van der Waals surface area contributed by atoms with Gasteiger partial charge >= 0.3 is 12.1 Å². The molecule has 0 aliphatic heterocycles. The van der Waals surface area contributed by atoms with Crippen LogP contribution in [0.5, 0.6) is 0 Å². The summed E-state index contributed by atoms with van der Waals surface area (Å²) in [5, 5.41) is 12.2. The SMILES string of the molecule is O=CNC(CSCC(=O)NCC(F)(F)F)C(=O)O. The summed E-state index contributed by atoms with van der Waals surface area (Å²) in [5.74, 6) is -2.58. The first kappa shape index (κ1) is 16.6. The lowest BCUT2D eigenvalue weighted by Crippen LogP contribution is -2.39. The smallest absolute Gasteiger partial charge is 0.405 e. The highest BCUT2D eigenvalue weighted by Gasteiger charge is 2.27. The molecule has 0 aromatic carbocycles. The van der Waals surface area contributed by atoms with E-state index in [0.717, 1.165) is 11.8 Å². The molecular formula is C8H11F3N2O4S. The maximum atomic E-state index is 11.7. The van der Waals surface area contributed by atoms with E-state index in [0.29, 0.717) is 0 Å². The van der Waals surface area contributed by atoms with Crippen LogP contribution in [0.3, 0.4) is 0 Å². The van der Waals surface area contributed by atoms with Crippen LogP contribution in [-0.4, -0.2) is 53.7 Å². The van der Waals surface area contributed by atoms with Gasteiger partial charge in [0.1, 0.15) is 12.6 Å². The molecule has 18 heavy (non-hydrogen) atoms. The van der Waals surface area contributed by atoms with Crippen molar-refractivity contribution >= 4 is 30.0 Å². The quantitative estimate of drug-likeness (QED) is 0.528. The summed E-state index contributed by atoms with van der Waals surface area (Å²) in [4.78, 5) is 31.5. The lowest BCUT2D eigenvalue weighted by atomic mass is 10.3. The molecule has 3 N–H and O–H groups in total.